The summed E-state index contributed by atoms with van der Waals surface area (Å²) in [7, 11) is 1.57. The zero-order valence-corrected chi connectivity index (χ0v) is 15.2. The summed E-state index contributed by atoms with van der Waals surface area (Å²) in [6, 6.07) is 0. The van der Waals surface area contributed by atoms with Gasteiger partial charge in [0.2, 0.25) is 0 Å². The van der Waals surface area contributed by atoms with Crippen LogP contribution < -0.4 is 0 Å². The molecule has 0 aromatic heterocycles. The second kappa shape index (κ2) is 5.80. The van der Waals surface area contributed by atoms with E-state index in [0.717, 1.165) is 35.1 Å². The maximum atomic E-state index is 12.8. The fourth-order valence-electron chi connectivity index (χ4n) is 3.90. The Morgan fingerprint density at radius 3 is 2.58 bits per heavy atom. The molecule has 0 bridgehead atoms. The summed E-state index contributed by atoms with van der Waals surface area (Å²) >= 11 is 0. The lowest BCUT2D eigenvalue weighted by molar-refractivity contribution is -0.111. The highest BCUT2D eigenvalue weighted by atomic mass is 16.5. The van der Waals surface area contributed by atoms with Gasteiger partial charge in [-0.2, -0.15) is 0 Å². The molecule has 0 saturated heterocycles. The van der Waals surface area contributed by atoms with Gasteiger partial charge in [-0.3, -0.25) is 4.79 Å². The average molecular weight is 326 g/mol. The second-order valence-corrected chi connectivity index (χ2v) is 7.77. The van der Waals surface area contributed by atoms with E-state index in [2.05, 4.69) is 19.9 Å². The Morgan fingerprint density at radius 1 is 1.25 bits per heavy atom. The molecule has 24 heavy (non-hydrogen) atoms. The molecule has 0 fully saturated rings. The molecule has 128 valence electrons. The molecule has 0 aromatic carbocycles. The van der Waals surface area contributed by atoms with Crippen LogP contribution in [0.3, 0.4) is 0 Å². The number of aliphatic hydroxyl groups is 1. The Kier molecular flexibility index (Phi) is 4.06. The molecule has 0 radical (unpaired) electrons. The molecule has 0 amide bonds. The van der Waals surface area contributed by atoms with E-state index in [-0.39, 0.29) is 22.9 Å². The first-order valence-electron chi connectivity index (χ1n) is 8.65. The van der Waals surface area contributed by atoms with Gasteiger partial charge in [0.25, 0.3) is 0 Å². The van der Waals surface area contributed by atoms with Crippen LogP contribution in [0.2, 0.25) is 0 Å². The van der Waals surface area contributed by atoms with Crippen molar-refractivity contribution >= 4 is 5.78 Å². The van der Waals surface area contributed by atoms with Crippen molar-refractivity contribution in [3.05, 3.63) is 57.6 Å². The van der Waals surface area contributed by atoms with Crippen LogP contribution in [0, 0.1) is 11.3 Å². The first-order chi connectivity index (χ1) is 11.3. The Morgan fingerprint density at radius 2 is 1.96 bits per heavy atom. The molecule has 1 N–H and O–H groups in total. The van der Waals surface area contributed by atoms with Crippen LogP contribution in [-0.4, -0.2) is 18.0 Å². The third-order valence-corrected chi connectivity index (χ3v) is 5.32. The summed E-state index contributed by atoms with van der Waals surface area (Å²) in [5.41, 5.74) is 4.73. The molecule has 0 atom stereocenters. The fraction of sp³-hybridized carbons (Fsp3) is 0.476. The number of ketones is 1. The van der Waals surface area contributed by atoms with Crippen molar-refractivity contribution in [3.8, 4) is 0 Å². The minimum absolute atomic E-state index is 0.0153. The number of allylic oxidation sites excluding steroid dienone is 8. The first kappa shape index (κ1) is 16.8. The predicted molar refractivity (Wildman–Crippen MR) is 95.4 cm³/mol. The van der Waals surface area contributed by atoms with Crippen molar-refractivity contribution in [1.82, 2.24) is 0 Å². The van der Waals surface area contributed by atoms with Gasteiger partial charge in [-0.05, 0) is 53.0 Å². The van der Waals surface area contributed by atoms with Crippen molar-refractivity contribution in [2.75, 3.05) is 7.11 Å². The van der Waals surface area contributed by atoms with E-state index in [1.54, 1.807) is 13.2 Å². The molecule has 0 aromatic rings. The highest BCUT2D eigenvalue weighted by Crippen LogP contribution is 2.48. The molecule has 3 heteroatoms. The standard InChI is InChI=1S/C21H26O3/c1-12(2)14-9-16-15(10-19(23)20(14)24-5)13-7-6-8-21(3,4)17(13)11-18(16)22/h7,9,11-12,23H,6,8,10H2,1-5H3. The van der Waals surface area contributed by atoms with Gasteiger partial charge in [0.05, 0.1) is 7.11 Å². The van der Waals surface area contributed by atoms with Crippen LogP contribution >= 0.6 is 0 Å². The smallest absolute Gasteiger partial charge is 0.186 e. The maximum absolute atomic E-state index is 12.8. The van der Waals surface area contributed by atoms with Crippen LogP contribution in [0.1, 0.15) is 47.0 Å². The molecule has 0 spiro atoms. The normalized spacial score (nSPS) is 23.2. The van der Waals surface area contributed by atoms with Gasteiger partial charge >= 0.3 is 0 Å². The maximum Gasteiger partial charge on any atom is 0.186 e. The molecule has 3 aliphatic rings. The van der Waals surface area contributed by atoms with E-state index in [0.29, 0.717) is 17.8 Å². The minimum atomic E-state index is -0.0153. The van der Waals surface area contributed by atoms with Gasteiger partial charge in [-0.15, -0.1) is 0 Å². The molecule has 0 saturated carbocycles. The average Bonchev–Trinajstić information content (AvgIpc) is 2.65. The van der Waals surface area contributed by atoms with E-state index in [1.165, 1.54) is 0 Å². The number of ether oxygens (including phenoxy) is 1. The highest BCUT2D eigenvalue weighted by Gasteiger charge is 2.37. The van der Waals surface area contributed by atoms with E-state index < -0.39 is 0 Å². The lowest BCUT2D eigenvalue weighted by atomic mass is 9.67. The zero-order valence-electron chi connectivity index (χ0n) is 15.2. The fourth-order valence-corrected chi connectivity index (χ4v) is 3.90. The Balaban J connectivity index is 2.21. The van der Waals surface area contributed by atoms with Crippen molar-refractivity contribution < 1.29 is 14.6 Å². The van der Waals surface area contributed by atoms with Crippen LogP contribution in [0.5, 0.6) is 0 Å². The van der Waals surface area contributed by atoms with Crippen LogP contribution in [0.4, 0.5) is 0 Å². The van der Waals surface area contributed by atoms with Gasteiger partial charge in [0.15, 0.2) is 11.5 Å². The minimum Gasteiger partial charge on any atom is -0.508 e. The SMILES string of the molecule is COC1=C(O)CC2=C(C=C1C(C)C)C(=O)C=C1C2=CCCC1(C)C. The largest absolute Gasteiger partial charge is 0.508 e. The van der Waals surface area contributed by atoms with Crippen LogP contribution in [-0.2, 0) is 9.53 Å². The number of aliphatic hydroxyl groups excluding tert-OH is 1. The highest BCUT2D eigenvalue weighted by molar-refractivity contribution is 6.10. The number of hydrogen-bond donors (Lipinski definition) is 1. The van der Waals surface area contributed by atoms with E-state index in [4.69, 9.17) is 4.74 Å². The van der Waals surface area contributed by atoms with Crippen molar-refractivity contribution in [1.29, 1.82) is 0 Å². The molecule has 3 nitrogen and oxygen atoms in total. The number of rotatable bonds is 2. The second-order valence-electron chi connectivity index (χ2n) is 7.77. The number of methoxy groups -OCH3 is 1. The number of hydrogen-bond acceptors (Lipinski definition) is 3. The van der Waals surface area contributed by atoms with Crippen molar-refractivity contribution in [2.45, 2.75) is 47.0 Å². The Labute approximate surface area is 144 Å². The molecular formula is C21H26O3. The van der Waals surface area contributed by atoms with Gasteiger partial charge < -0.3 is 9.84 Å². The van der Waals surface area contributed by atoms with Crippen LogP contribution in [0.15, 0.2) is 57.6 Å². The number of fused-ring (bicyclic) bond motifs is 2. The lowest BCUT2D eigenvalue weighted by Gasteiger charge is -2.36. The summed E-state index contributed by atoms with van der Waals surface area (Å²) in [5, 5.41) is 10.6. The summed E-state index contributed by atoms with van der Waals surface area (Å²) in [5.74, 6) is 0.907. The summed E-state index contributed by atoms with van der Waals surface area (Å²) in [4.78, 5) is 12.8. The van der Waals surface area contributed by atoms with Crippen molar-refractivity contribution in [3.63, 3.8) is 0 Å². The Bertz CT molecular complexity index is 752. The third-order valence-electron chi connectivity index (χ3n) is 5.32. The third kappa shape index (κ3) is 2.56. The first-order valence-corrected chi connectivity index (χ1v) is 8.65. The summed E-state index contributed by atoms with van der Waals surface area (Å²) in [6.45, 7) is 8.46. The van der Waals surface area contributed by atoms with Gasteiger partial charge in [-0.1, -0.05) is 33.8 Å². The van der Waals surface area contributed by atoms with Gasteiger partial charge in [0, 0.05) is 17.6 Å². The topological polar surface area (TPSA) is 46.5 Å². The Hall–Kier alpha value is -2.03. The molecular weight excluding hydrogens is 300 g/mol. The van der Waals surface area contributed by atoms with Crippen LogP contribution in [0.25, 0.3) is 0 Å². The van der Waals surface area contributed by atoms with Crippen molar-refractivity contribution in [2.24, 2.45) is 11.3 Å². The monoisotopic (exact) mass is 326 g/mol. The van der Waals surface area contributed by atoms with Gasteiger partial charge in [-0.25, -0.2) is 0 Å². The molecule has 0 heterocycles. The lowest BCUT2D eigenvalue weighted by Crippen LogP contribution is -2.25. The number of carbonyl (C=O) groups excluding carboxylic acids is 1. The zero-order chi connectivity index (χ0) is 17.6. The molecule has 3 rings (SSSR count). The molecule has 0 aliphatic heterocycles. The van der Waals surface area contributed by atoms with Gasteiger partial charge in [0.1, 0.15) is 5.76 Å². The molecule has 3 aliphatic carbocycles. The quantitative estimate of drug-likeness (QED) is 0.782. The number of carbonyl (C=O) groups is 1. The van der Waals surface area contributed by atoms with E-state index in [9.17, 15) is 9.90 Å². The molecule has 0 unspecified atom stereocenters. The van der Waals surface area contributed by atoms with E-state index >= 15 is 0 Å². The van der Waals surface area contributed by atoms with E-state index in [1.807, 2.05) is 19.9 Å². The summed E-state index contributed by atoms with van der Waals surface area (Å²) in [6.07, 6.45) is 8.31. The summed E-state index contributed by atoms with van der Waals surface area (Å²) < 4.78 is 5.46. The predicted octanol–water partition coefficient (Wildman–Crippen LogP) is 4.94.